The van der Waals surface area contributed by atoms with E-state index in [0.29, 0.717) is 36.0 Å². The molecular weight excluding hydrogens is 378 g/mol. The highest BCUT2D eigenvalue weighted by molar-refractivity contribution is 7.90. The number of sulfonamides is 1. The van der Waals surface area contributed by atoms with Crippen LogP contribution in [0.25, 0.3) is 6.08 Å². The lowest BCUT2D eigenvalue weighted by molar-refractivity contribution is -0.134. The topological polar surface area (TPSA) is 72.5 Å². The zero-order valence-electron chi connectivity index (χ0n) is 13.8. The van der Waals surface area contributed by atoms with Crippen molar-refractivity contribution in [2.24, 2.45) is 0 Å². The number of aryl methyl sites for hydroxylation is 1. The maximum absolute atomic E-state index is 13.8. The zero-order valence-corrected chi connectivity index (χ0v) is 14.6. The largest absolute Gasteiger partial charge is 0.511 e. The van der Waals surface area contributed by atoms with Crippen LogP contribution in [0.2, 0.25) is 0 Å². The number of rotatable bonds is 5. The number of alkyl halides is 3. The van der Waals surface area contributed by atoms with Crippen molar-refractivity contribution >= 4 is 22.1 Å². The van der Waals surface area contributed by atoms with Gasteiger partial charge in [-0.15, -0.1) is 0 Å². The summed E-state index contributed by atoms with van der Waals surface area (Å²) in [6, 6.07) is 2.42. The zero-order chi connectivity index (χ0) is 19.5. The molecule has 1 N–H and O–H groups in total. The Hall–Kier alpha value is -1.94. The van der Waals surface area contributed by atoms with E-state index >= 15 is 0 Å². The van der Waals surface area contributed by atoms with Crippen molar-refractivity contribution in [2.75, 3.05) is 13.7 Å². The highest BCUT2D eigenvalue weighted by Gasteiger charge is 2.46. The smallest absolute Gasteiger partial charge is 0.466 e. The maximum atomic E-state index is 13.8. The van der Waals surface area contributed by atoms with Gasteiger partial charge in [0.25, 0.3) is 0 Å². The Morgan fingerprint density at radius 2 is 2.08 bits per heavy atom. The van der Waals surface area contributed by atoms with Crippen molar-refractivity contribution in [2.45, 2.75) is 30.7 Å². The van der Waals surface area contributed by atoms with Crippen LogP contribution in [0.1, 0.15) is 35.4 Å². The summed E-state index contributed by atoms with van der Waals surface area (Å²) in [7, 11) is -4.30. The number of methoxy groups -OCH3 is 1. The molecule has 0 saturated carbocycles. The minimum absolute atomic E-state index is 0.307. The molecule has 144 valence electrons. The number of hydrogen-bond donors (Lipinski definition) is 1. The number of benzene rings is 1. The molecule has 0 heterocycles. The van der Waals surface area contributed by atoms with Crippen molar-refractivity contribution in [1.82, 2.24) is 4.72 Å². The highest BCUT2D eigenvalue weighted by atomic mass is 32.2. The summed E-state index contributed by atoms with van der Waals surface area (Å²) in [5, 5.41) is 0. The first-order chi connectivity index (χ1) is 12.0. The standard InChI is InChI=1S/C16H17F4NO4S/c1-25-14(22)6-5-11-8-13(17)7-10-3-2-4-12(15(10)11)9-21-26(23,24)16(18,19)20/h5-8,12,21H,2-4,9H2,1H3/b6-5+/t12-/m1/s1. The molecule has 2 rings (SSSR count). The van der Waals surface area contributed by atoms with Gasteiger partial charge < -0.3 is 4.74 Å². The normalized spacial score (nSPS) is 18.0. The van der Waals surface area contributed by atoms with Crippen LogP contribution in [-0.2, 0) is 26.0 Å². The molecule has 26 heavy (non-hydrogen) atoms. The third-order valence-electron chi connectivity index (χ3n) is 4.09. The number of carbonyl (C=O) groups is 1. The molecular formula is C16H17F4NO4S. The second-order valence-corrected chi connectivity index (χ2v) is 7.57. The molecule has 1 aliphatic rings. The second kappa shape index (κ2) is 7.75. The molecule has 0 radical (unpaired) electrons. The van der Waals surface area contributed by atoms with E-state index in [2.05, 4.69) is 4.74 Å². The van der Waals surface area contributed by atoms with Gasteiger partial charge in [0.15, 0.2) is 0 Å². The molecule has 0 aliphatic heterocycles. The van der Waals surface area contributed by atoms with Gasteiger partial charge in [0.05, 0.1) is 7.11 Å². The molecule has 5 nitrogen and oxygen atoms in total. The summed E-state index contributed by atoms with van der Waals surface area (Å²) in [6.07, 6.45) is 3.90. The van der Waals surface area contributed by atoms with Gasteiger partial charge in [-0.2, -0.15) is 13.2 Å². The molecule has 0 spiro atoms. The lowest BCUT2D eigenvalue weighted by Crippen LogP contribution is -2.39. The van der Waals surface area contributed by atoms with Crippen molar-refractivity contribution in [3.63, 3.8) is 0 Å². The van der Waals surface area contributed by atoms with Crippen LogP contribution in [0.15, 0.2) is 18.2 Å². The minimum Gasteiger partial charge on any atom is -0.466 e. The van der Waals surface area contributed by atoms with Gasteiger partial charge >= 0.3 is 21.5 Å². The Morgan fingerprint density at radius 1 is 1.38 bits per heavy atom. The molecule has 0 unspecified atom stereocenters. The van der Waals surface area contributed by atoms with Gasteiger partial charge in [0.1, 0.15) is 5.82 Å². The Bertz CT molecular complexity index is 818. The monoisotopic (exact) mass is 395 g/mol. The van der Waals surface area contributed by atoms with Crippen molar-refractivity contribution in [3.05, 3.63) is 40.7 Å². The van der Waals surface area contributed by atoms with Gasteiger partial charge in [-0.1, -0.05) is 0 Å². The van der Waals surface area contributed by atoms with Crippen LogP contribution in [0.4, 0.5) is 17.6 Å². The summed E-state index contributed by atoms with van der Waals surface area (Å²) in [4.78, 5) is 11.3. The molecule has 0 aromatic heterocycles. The number of ether oxygens (including phenoxy) is 1. The van der Waals surface area contributed by atoms with Gasteiger partial charge in [-0.05, 0) is 60.1 Å². The molecule has 1 aromatic rings. The Labute approximate surface area is 148 Å². The van der Waals surface area contributed by atoms with Gasteiger partial charge in [-0.25, -0.2) is 22.3 Å². The second-order valence-electron chi connectivity index (χ2n) is 5.81. The molecule has 1 aliphatic carbocycles. The number of carbonyl (C=O) groups excluding carboxylic acids is 1. The fourth-order valence-electron chi connectivity index (χ4n) is 2.95. The van der Waals surface area contributed by atoms with Crippen LogP contribution < -0.4 is 4.72 Å². The third-order valence-corrected chi connectivity index (χ3v) is 5.25. The van der Waals surface area contributed by atoms with E-state index in [1.165, 1.54) is 19.3 Å². The van der Waals surface area contributed by atoms with Gasteiger partial charge in [-0.3, -0.25) is 0 Å². The first kappa shape index (κ1) is 20.4. The predicted molar refractivity (Wildman–Crippen MR) is 86.1 cm³/mol. The van der Waals surface area contributed by atoms with Crippen LogP contribution in [-0.4, -0.2) is 33.5 Å². The van der Waals surface area contributed by atoms with E-state index in [-0.39, 0.29) is 0 Å². The van der Waals surface area contributed by atoms with E-state index in [0.717, 1.165) is 12.1 Å². The SMILES string of the molecule is COC(=O)/C=C/c1cc(F)cc2c1[C@@H](CNS(=O)(=O)C(F)(F)F)CCC2. The maximum Gasteiger partial charge on any atom is 0.511 e. The third kappa shape index (κ3) is 4.61. The van der Waals surface area contributed by atoms with Crippen molar-refractivity contribution in [1.29, 1.82) is 0 Å². The molecule has 10 heteroatoms. The lowest BCUT2D eigenvalue weighted by atomic mass is 9.80. The molecule has 0 bridgehead atoms. The van der Waals surface area contributed by atoms with E-state index in [1.807, 2.05) is 0 Å². The summed E-state index contributed by atoms with van der Waals surface area (Å²) < 4.78 is 79.8. The molecule has 0 saturated heterocycles. The fraction of sp³-hybridized carbons (Fsp3) is 0.438. The molecule has 1 aromatic carbocycles. The van der Waals surface area contributed by atoms with Gasteiger partial charge in [0.2, 0.25) is 0 Å². The van der Waals surface area contributed by atoms with Crippen molar-refractivity contribution in [3.8, 4) is 0 Å². The molecule has 0 amide bonds. The van der Waals surface area contributed by atoms with E-state index in [4.69, 9.17) is 0 Å². The first-order valence-corrected chi connectivity index (χ1v) is 9.17. The predicted octanol–water partition coefficient (Wildman–Crippen LogP) is 2.87. The first-order valence-electron chi connectivity index (χ1n) is 7.69. The average Bonchev–Trinajstić information content (AvgIpc) is 2.56. The minimum atomic E-state index is -5.47. The summed E-state index contributed by atoms with van der Waals surface area (Å²) in [6.45, 7) is -0.473. The van der Waals surface area contributed by atoms with Crippen LogP contribution in [0.5, 0.6) is 0 Å². The van der Waals surface area contributed by atoms with Gasteiger partial charge in [0, 0.05) is 12.6 Å². The number of nitrogens with one attached hydrogen (secondary N) is 1. The van der Waals surface area contributed by atoms with E-state index in [9.17, 15) is 30.8 Å². The quantitative estimate of drug-likeness (QED) is 0.473. The lowest BCUT2D eigenvalue weighted by Gasteiger charge is -2.28. The summed E-state index contributed by atoms with van der Waals surface area (Å²) in [5.41, 5.74) is -3.98. The van der Waals surface area contributed by atoms with Crippen LogP contribution in [0, 0.1) is 5.82 Å². The summed E-state index contributed by atoms with van der Waals surface area (Å²) >= 11 is 0. The molecule has 0 fully saturated rings. The number of fused-ring (bicyclic) bond motifs is 1. The summed E-state index contributed by atoms with van der Waals surface area (Å²) in [5.74, 6) is -1.80. The van der Waals surface area contributed by atoms with Crippen LogP contribution in [0.3, 0.4) is 0 Å². The average molecular weight is 395 g/mol. The Balaban J connectivity index is 2.35. The number of esters is 1. The fourth-order valence-corrected chi connectivity index (χ4v) is 3.53. The highest BCUT2D eigenvalue weighted by Crippen LogP contribution is 2.36. The van der Waals surface area contributed by atoms with E-state index < -0.39 is 39.8 Å². The van der Waals surface area contributed by atoms with Crippen LogP contribution >= 0.6 is 0 Å². The number of halogens is 4. The Morgan fingerprint density at radius 3 is 2.69 bits per heavy atom. The molecule has 1 atom stereocenters. The van der Waals surface area contributed by atoms with Crippen molar-refractivity contribution < 1.29 is 35.5 Å². The Kier molecular flexibility index (Phi) is 6.07. The number of hydrogen-bond acceptors (Lipinski definition) is 4. The van der Waals surface area contributed by atoms with E-state index in [1.54, 1.807) is 4.72 Å².